The second kappa shape index (κ2) is 5.18. The maximum absolute atomic E-state index is 12.9. The zero-order valence-electron chi connectivity index (χ0n) is 11.0. The lowest BCUT2D eigenvalue weighted by Gasteiger charge is -2.11. The van der Waals surface area contributed by atoms with Crippen LogP contribution in [0.3, 0.4) is 0 Å². The van der Waals surface area contributed by atoms with E-state index in [0.717, 1.165) is 17.5 Å². The van der Waals surface area contributed by atoms with Gasteiger partial charge in [0.2, 0.25) is 0 Å². The molecular weight excluding hydrogens is 315 g/mol. The van der Waals surface area contributed by atoms with E-state index >= 15 is 0 Å². The van der Waals surface area contributed by atoms with Crippen molar-refractivity contribution < 1.29 is 18.3 Å². The van der Waals surface area contributed by atoms with E-state index in [1.54, 1.807) is 24.3 Å². The zero-order chi connectivity index (χ0) is 15.9. The van der Waals surface area contributed by atoms with Gasteiger partial charge in [-0.3, -0.25) is 0 Å². The van der Waals surface area contributed by atoms with Gasteiger partial charge >= 0.3 is 6.18 Å². The minimum atomic E-state index is -4.63. The lowest BCUT2D eigenvalue weighted by Crippen LogP contribution is -2.05. The van der Waals surface area contributed by atoms with Crippen molar-refractivity contribution in [3.8, 4) is 17.0 Å². The number of halogens is 4. The molecule has 22 heavy (non-hydrogen) atoms. The molecule has 0 radical (unpaired) electrons. The summed E-state index contributed by atoms with van der Waals surface area (Å²) in [6.45, 7) is 0. The largest absolute Gasteiger partial charge is 0.507 e. The van der Waals surface area contributed by atoms with Crippen molar-refractivity contribution in [3.63, 3.8) is 0 Å². The smallest absolute Gasteiger partial charge is 0.419 e. The number of nitrogens with zero attached hydrogens (tertiary/aromatic N) is 1. The standard InChI is InChI=1S/C16H9ClF3NO/c17-12-3-1-2-9-4-6-13(21-15(9)12)10-5-7-14(22)11(8-10)16(18,19)20/h1-8,22H. The Morgan fingerprint density at radius 3 is 2.50 bits per heavy atom. The highest BCUT2D eigenvalue weighted by Gasteiger charge is 2.34. The SMILES string of the molecule is Oc1ccc(-c2ccc3cccc(Cl)c3n2)cc1C(F)(F)F. The normalized spacial score (nSPS) is 11.8. The average Bonchev–Trinajstić information content (AvgIpc) is 2.47. The molecule has 0 aliphatic carbocycles. The molecule has 0 bridgehead atoms. The number of phenolic OH excluding ortho intramolecular Hbond substituents is 1. The molecule has 1 N–H and O–H groups in total. The van der Waals surface area contributed by atoms with Gasteiger partial charge in [-0.25, -0.2) is 4.98 Å². The third-order valence-electron chi connectivity index (χ3n) is 3.27. The van der Waals surface area contributed by atoms with E-state index in [-0.39, 0.29) is 5.56 Å². The first-order chi connectivity index (χ1) is 10.4. The molecule has 0 saturated heterocycles. The Morgan fingerprint density at radius 2 is 1.77 bits per heavy atom. The molecule has 0 amide bonds. The molecule has 0 unspecified atom stereocenters. The fourth-order valence-corrected chi connectivity index (χ4v) is 2.42. The Kier molecular flexibility index (Phi) is 3.45. The van der Waals surface area contributed by atoms with E-state index in [1.165, 1.54) is 6.07 Å². The molecule has 6 heteroatoms. The molecule has 0 aliphatic heterocycles. The lowest BCUT2D eigenvalue weighted by molar-refractivity contribution is -0.138. The van der Waals surface area contributed by atoms with Crippen LogP contribution in [0.25, 0.3) is 22.2 Å². The molecule has 0 fully saturated rings. The molecule has 0 saturated carbocycles. The topological polar surface area (TPSA) is 33.1 Å². The predicted molar refractivity (Wildman–Crippen MR) is 78.9 cm³/mol. The van der Waals surface area contributed by atoms with Gasteiger partial charge in [0, 0.05) is 10.9 Å². The highest BCUT2D eigenvalue weighted by Crippen LogP contribution is 2.38. The molecule has 3 rings (SSSR count). The predicted octanol–water partition coefficient (Wildman–Crippen LogP) is 5.28. The van der Waals surface area contributed by atoms with Crippen LogP contribution in [0.15, 0.2) is 48.5 Å². The fourth-order valence-electron chi connectivity index (χ4n) is 2.19. The quantitative estimate of drug-likeness (QED) is 0.661. The molecule has 112 valence electrons. The number of rotatable bonds is 1. The first-order valence-corrected chi connectivity index (χ1v) is 6.70. The third-order valence-corrected chi connectivity index (χ3v) is 3.57. The summed E-state index contributed by atoms with van der Waals surface area (Å²) in [4.78, 5) is 4.32. The van der Waals surface area contributed by atoms with E-state index in [0.29, 0.717) is 16.2 Å². The van der Waals surface area contributed by atoms with Crippen LogP contribution < -0.4 is 0 Å². The van der Waals surface area contributed by atoms with Gasteiger partial charge in [-0.05, 0) is 30.3 Å². The molecule has 0 atom stereocenters. The molecule has 3 aromatic rings. The summed E-state index contributed by atoms with van der Waals surface area (Å²) >= 11 is 6.06. The van der Waals surface area contributed by atoms with Crippen LogP contribution in [0, 0.1) is 0 Å². The zero-order valence-corrected chi connectivity index (χ0v) is 11.8. The van der Waals surface area contributed by atoms with Crippen LogP contribution in [0.2, 0.25) is 5.02 Å². The van der Waals surface area contributed by atoms with Gasteiger partial charge in [-0.2, -0.15) is 13.2 Å². The van der Waals surface area contributed by atoms with E-state index in [2.05, 4.69) is 4.98 Å². The van der Waals surface area contributed by atoms with Crippen molar-refractivity contribution >= 4 is 22.5 Å². The summed E-state index contributed by atoms with van der Waals surface area (Å²) in [7, 11) is 0. The molecule has 0 spiro atoms. The number of para-hydroxylation sites is 1. The highest BCUT2D eigenvalue weighted by molar-refractivity contribution is 6.35. The van der Waals surface area contributed by atoms with Gasteiger partial charge in [0.1, 0.15) is 5.75 Å². The molecule has 1 aromatic heterocycles. The number of phenols is 1. The van der Waals surface area contributed by atoms with E-state index in [4.69, 9.17) is 11.6 Å². The maximum Gasteiger partial charge on any atom is 0.419 e. The van der Waals surface area contributed by atoms with Crippen LogP contribution in [-0.4, -0.2) is 10.1 Å². The number of benzene rings is 2. The number of alkyl halides is 3. The highest BCUT2D eigenvalue weighted by atomic mass is 35.5. The number of pyridine rings is 1. The second-order valence-electron chi connectivity index (χ2n) is 4.74. The van der Waals surface area contributed by atoms with Gasteiger partial charge in [-0.15, -0.1) is 0 Å². The van der Waals surface area contributed by atoms with Crippen molar-refractivity contribution in [3.05, 3.63) is 59.1 Å². The first kappa shape index (κ1) is 14.7. The average molecular weight is 324 g/mol. The minimum Gasteiger partial charge on any atom is -0.507 e. The van der Waals surface area contributed by atoms with Crippen LogP contribution >= 0.6 is 11.6 Å². The summed E-state index contributed by atoms with van der Waals surface area (Å²) in [6, 6.07) is 11.9. The number of aromatic nitrogens is 1. The Labute approximate surface area is 128 Å². The Balaban J connectivity index is 2.17. The molecule has 2 aromatic carbocycles. The summed E-state index contributed by atoms with van der Waals surface area (Å²) in [5, 5.41) is 10.6. The summed E-state index contributed by atoms with van der Waals surface area (Å²) in [5.74, 6) is -0.810. The first-order valence-electron chi connectivity index (χ1n) is 6.32. The second-order valence-corrected chi connectivity index (χ2v) is 5.14. The number of hydrogen-bond donors (Lipinski definition) is 1. The van der Waals surface area contributed by atoms with Gasteiger partial charge in [-0.1, -0.05) is 29.8 Å². The van der Waals surface area contributed by atoms with Crippen LogP contribution in [0.5, 0.6) is 5.75 Å². The van der Waals surface area contributed by atoms with Gasteiger partial charge in [0.25, 0.3) is 0 Å². The molecular formula is C16H9ClF3NO. The van der Waals surface area contributed by atoms with Crippen LogP contribution in [-0.2, 0) is 6.18 Å². The van der Waals surface area contributed by atoms with Gasteiger partial charge in [0.15, 0.2) is 0 Å². The van der Waals surface area contributed by atoms with E-state index < -0.39 is 17.5 Å². The Hall–Kier alpha value is -2.27. The number of aromatic hydroxyl groups is 1. The number of fused-ring (bicyclic) bond motifs is 1. The molecule has 2 nitrogen and oxygen atoms in total. The Bertz CT molecular complexity index is 862. The third kappa shape index (κ3) is 2.60. The molecule has 1 heterocycles. The van der Waals surface area contributed by atoms with Crippen molar-refractivity contribution in [2.75, 3.05) is 0 Å². The van der Waals surface area contributed by atoms with Crippen molar-refractivity contribution in [1.82, 2.24) is 4.98 Å². The van der Waals surface area contributed by atoms with E-state index in [9.17, 15) is 18.3 Å². The van der Waals surface area contributed by atoms with Crippen LogP contribution in [0.4, 0.5) is 13.2 Å². The van der Waals surface area contributed by atoms with Gasteiger partial charge in [0.05, 0.1) is 21.8 Å². The summed E-state index contributed by atoms with van der Waals surface area (Å²) < 4.78 is 38.6. The summed E-state index contributed by atoms with van der Waals surface area (Å²) in [5.41, 5.74) is 0.0346. The summed E-state index contributed by atoms with van der Waals surface area (Å²) in [6.07, 6.45) is -4.63. The number of hydrogen-bond acceptors (Lipinski definition) is 2. The van der Waals surface area contributed by atoms with Crippen molar-refractivity contribution in [2.24, 2.45) is 0 Å². The van der Waals surface area contributed by atoms with Crippen molar-refractivity contribution in [2.45, 2.75) is 6.18 Å². The van der Waals surface area contributed by atoms with Gasteiger partial charge < -0.3 is 5.11 Å². The Morgan fingerprint density at radius 1 is 1.00 bits per heavy atom. The van der Waals surface area contributed by atoms with Crippen LogP contribution in [0.1, 0.15) is 5.56 Å². The lowest BCUT2D eigenvalue weighted by atomic mass is 10.1. The van der Waals surface area contributed by atoms with E-state index in [1.807, 2.05) is 6.07 Å². The monoisotopic (exact) mass is 323 g/mol. The van der Waals surface area contributed by atoms with Crippen molar-refractivity contribution in [1.29, 1.82) is 0 Å². The maximum atomic E-state index is 12.9. The minimum absolute atomic E-state index is 0.256. The molecule has 0 aliphatic rings. The fraction of sp³-hybridized carbons (Fsp3) is 0.0625.